The molecule has 0 spiro atoms. The Bertz CT molecular complexity index is 1520. The topological polar surface area (TPSA) is 70.5 Å². The van der Waals surface area contributed by atoms with E-state index in [0.717, 1.165) is 55.6 Å². The van der Waals surface area contributed by atoms with Crippen LogP contribution in [0.3, 0.4) is 0 Å². The van der Waals surface area contributed by atoms with Crippen LogP contribution in [0.1, 0.15) is 76.2 Å². The van der Waals surface area contributed by atoms with Crippen LogP contribution in [0.25, 0.3) is 11.0 Å². The molecule has 1 aromatic heterocycles. The maximum atomic E-state index is 14.5. The first kappa shape index (κ1) is 31.3. The Balaban J connectivity index is 1.16. The molecule has 0 aliphatic carbocycles. The summed E-state index contributed by atoms with van der Waals surface area (Å²) in [4.78, 5) is 33.7. The lowest BCUT2D eigenvalue weighted by atomic mass is 9.70. The number of alkyl halides is 2. The Hall–Kier alpha value is -2.68. The van der Waals surface area contributed by atoms with E-state index in [2.05, 4.69) is 46.0 Å². The second-order valence-corrected chi connectivity index (χ2v) is 14.6. The van der Waals surface area contributed by atoms with Gasteiger partial charge in [0, 0.05) is 31.2 Å². The number of hydrogen-bond donors (Lipinski definition) is 1. The average Bonchev–Trinajstić information content (AvgIpc) is 3.46. The van der Waals surface area contributed by atoms with E-state index in [9.17, 15) is 14.0 Å². The van der Waals surface area contributed by atoms with Gasteiger partial charge in [-0.1, -0.05) is 47.5 Å². The van der Waals surface area contributed by atoms with Gasteiger partial charge < -0.3 is 14.8 Å². The van der Waals surface area contributed by atoms with Crippen LogP contribution in [0.15, 0.2) is 48.5 Å². The molecule has 6 rings (SSSR count). The van der Waals surface area contributed by atoms with Gasteiger partial charge in [0.1, 0.15) is 17.2 Å². The number of aryl methyl sites for hydroxylation is 1. The summed E-state index contributed by atoms with van der Waals surface area (Å²) in [6, 6.07) is 16.9. The van der Waals surface area contributed by atoms with Gasteiger partial charge in [0.15, 0.2) is 4.84 Å². The van der Waals surface area contributed by atoms with Crippen LogP contribution >= 0.6 is 23.2 Å². The van der Waals surface area contributed by atoms with Crippen molar-refractivity contribution in [3.8, 4) is 0 Å². The summed E-state index contributed by atoms with van der Waals surface area (Å²) in [5.74, 6) is 0.0933. The van der Waals surface area contributed by atoms with E-state index >= 15 is 0 Å². The van der Waals surface area contributed by atoms with E-state index in [1.807, 2.05) is 11.0 Å². The molecule has 3 fully saturated rings. The Kier molecular flexibility index (Phi) is 8.72. The molecule has 10 heteroatoms. The van der Waals surface area contributed by atoms with E-state index in [4.69, 9.17) is 28.2 Å². The molecule has 44 heavy (non-hydrogen) atoms. The van der Waals surface area contributed by atoms with Crippen LogP contribution in [-0.2, 0) is 15.0 Å². The monoisotopic (exact) mass is 641 g/mol. The van der Waals surface area contributed by atoms with Crippen molar-refractivity contribution in [3.63, 3.8) is 0 Å². The number of halogens is 3. The maximum absolute atomic E-state index is 14.5. The van der Waals surface area contributed by atoms with Crippen molar-refractivity contribution < 1.29 is 14.0 Å². The molecule has 3 saturated heterocycles. The van der Waals surface area contributed by atoms with Gasteiger partial charge in [-0.2, -0.15) is 0 Å². The maximum Gasteiger partial charge on any atom is 0.254 e. The summed E-state index contributed by atoms with van der Waals surface area (Å²) in [6.45, 7) is 7.47. The second-order valence-electron chi connectivity index (χ2n) is 13.5. The number of nitrogens with zero attached hydrogens (tertiary/aromatic N) is 4. The Labute approximate surface area is 269 Å². The number of likely N-dealkylation sites (tertiary alicyclic amines) is 1. The van der Waals surface area contributed by atoms with Crippen molar-refractivity contribution in [1.29, 1.82) is 0 Å². The first-order valence-electron chi connectivity index (χ1n) is 15.8. The predicted molar refractivity (Wildman–Crippen MR) is 172 cm³/mol. The summed E-state index contributed by atoms with van der Waals surface area (Å²) >= 11 is 11.4. The number of rotatable bonds is 8. The molecule has 7 nitrogen and oxygen atoms in total. The Morgan fingerprint density at radius 2 is 1.73 bits per heavy atom. The van der Waals surface area contributed by atoms with Crippen LogP contribution in [0.5, 0.6) is 0 Å². The van der Waals surface area contributed by atoms with Crippen molar-refractivity contribution in [3.05, 3.63) is 65.7 Å². The molecule has 3 aliphatic rings. The molecule has 3 aromatic rings. The van der Waals surface area contributed by atoms with Crippen molar-refractivity contribution >= 4 is 46.0 Å². The molecule has 0 saturated carbocycles. The number of nitrogens with one attached hydrogen (secondary N) is 1. The lowest BCUT2D eigenvalue weighted by Crippen LogP contribution is -2.59. The smallest absolute Gasteiger partial charge is 0.254 e. The largest absolute Gasteiger partial charge is 0.341 e. The minimum Gasteiger partial charge on any atom is -0.341 e. The van der Waals surface area contributed by atoms with Crippen molar-refractivity contribution in [2.45, 2.75) is 99.6 Å². The third kappa shape index (κ3) is 5.97. The molecule has 1 N–H and O–H groups in total. The third-order valence-electron chi connectivity index (χ3n) is 10.5. The molecular weight excluding hydrogens is 600 g/mol. The minimum atomic E-state index is -1.24. The zero-order valence-corrected chi connectivity index (χ0v) is 27.3. The standard InChI is InChI=1S/C34H42Cl2FN5O2/c1-22-38-28-9-4-5-10-29(28)42(22)27-20-25-11-12-26(21-27)41(25)18-15-34(23-7-6-8-24(37)19-23)13-16-40(17-14-34)32(44)33(2,3)39-31(43)30(35)36/h4-10,19,25-27,30H,11-18,20-21H2,1-3H3,(H,39,43). The van der Waals surface area contributed by atoms with Gasteiger partial charge in [0.05, 0.1) is 11.0 Å². The fourth-order valence-electron chi connectivity index (χ4n) is 8.24. The van der Waals surface area contributed by atoms with Gasteiger partial charge in [-0.25, -0.2) is 9.37 Å². The highest BCUT2D eigenvalue weighted by atomic mass is 35.5. The SMILES string of the molecule is Cc1nc2ccccc2n1C1CC2CCC(C1)N2CCC1(c2cccc(F)c2)CCN(C(=O)C(C)(C)NC(=O)C(Cl)Cl)CC1. The number of piperidine rings is 2. The highest BCUT2D eigenvalue weighted by molar-refractivity contribution is 6.53. The van der Waals surface area contributed by atoms with Crippen molar-refractivity contribution in [2.24, 2.45) is 0 Å². The first-order valence-corrected chi connectivity index (χ1v) is 16.7. The molecule has 2 atom stereocenters. The number of aromatic nitrogens is 2. The minimum absolute atomic E-state index is 0.171. The number of hydrogen-bond acceptors (Lipinski definition) is 4. The van der Waals surface area contributed by atoms with Gasteiger partial charge in [0.2, 0.25) is 5.91 Å². The summed E-state index contributed by atoms with van der Waals surface area (Å²) in [6.07, 6.45) is 6.99. The third-order valence-corrected chi connectivity index (χ3v) is 10.9. The quantitative estimate of drug-likeness (QED) is 0.293. The van der Waals surface area contributed by atoms with Gasteiger partial charge in [-0.3, -0.25) is 14.5 Å². The Morgan fingerprint density at radius 1 is 1.05 bits per heavy atom. The lowest BCUT2D eigenvalue weighted by molar-refractivity contribution is -0.141. The molecule has 2 amide bonds. The van der Waals surface area contributed by atoms with E-state index in [1.54, 1.807) is 26.0 Å². The zero-order valence-electron chi connectivity index (χ0n) is 25.7. The molecule has 0 radical (unpaired) electrons. The van der Waals surface area contributed by atoms with Gasteiger partial charge in [0.25, 0.3) is 5.91 Å². The van der Waals surface area contributed by atoms with E-state index < -0.39 is 16.3 Å². The van der Waals surface area contributed by atoms with Crippen LogP contribution in [0, 0.1) is 12.7 Å². The Morgan fingerprint density at radius 3 is 2.39 bits per heavy atom. The number of imidazole rings is 1. The van der Waals surface area contributed by atoms with Crippen LogP contribution in [0.2, 0.25) is 0 Å². The second kappa shape index (κ2) is 12.3. The first-order chi connectivity index (χ1) is 21.0. The number of fused-ring (bicyclic) bond motifs is 3. The zero-order chi connectivity index (χ0) is 31.2. The number of carbonyl (C=O) groups is 2. The lowest BCUT2D eigenvalue weighted by Gasteiger charge is -2.46. The molecule has 2 aromatic carbocycles. The van der Waals surface area contributed by atoms with E-state index in [-0.39, 0.29) is 17.1 Å². The summed E-state index contributed by atoms with van der Waals surface area (Å²) < 4.78 is 17.0. The van der Waals surface area contributed by atoms with Gasteiger partial charge >= 0.3 is 0 Å². The number of carbonyl (C=O) groups excluding carboxylic acids is 2. The molecule has 236 valence electrons. The number of benzene rings is 2. The fraction of sp³-hybridized carbons (Fsp3) is 0.559. The van der Waals surface area contributed by atoms with E-state index in [1.165, 1.54) is 24.4 Å². The summed E-state index contributed by atoms with van der Waals surface area (Å²) in [7, 11) is 0. The van der Waals surface area contributed by atoms with Crippen LogP contribution in [0.4, 0.5) is 4.39 Å². The molecule has 3 aliphatic heterocycles. The number of para-hydroxylation sites is 2. The molecular formula is C34H42Cl2FN5O2. The van der Waals surface area contributed by atoms with Gasteiger partial charge in [-0.05, 0) is 108 Å². The normalized spacial score (nSPS) is 23.8. The highest BCUT2D eigenvalue weighted by Crippen LogP contribution is 2.45. The van der Waals surface area contributed by atoms with Crippen molar-refractivity contribution in [1.82, 2.24) is 24.7 Å². The average molecular weight is 643 g/mol. The molecule has 4 heterocycles. The fourth-order valence-corrected chi connectivity index (χ4v) is 8.35. The summed E-state index contributed by atoms with van der Waals surface area (Å²) in [5.41, 5.74) is 1.92. The van der Waals surface area contributed by atoms with Crippen molar-refractivity contribution in [2.75, 3.05) is 19.6 Å². The summed E-state index contributed by atoms with van der Waals surface area (Å²) in [5, 5.41) is 2.67. The highest BCUT2D eigenvalue weighted by Gasteiger charge is 2.45. The number of amides is 2. The van der Waals surface area contributed by atoms with Crippen LogP contribution in [-0.4, -0.2) is 73.3 Å². The molecule has 2 bridgehead atoms. The predicted octanol–water partition coefficient (Wildman–Crippen LogP) is 6.30. The van der Waals surface area contributed by atoms with E-state index in [0.29, 0.717) is 31.2 Å². The van der Waals surface area contributed by atoms with Crippen LogP contribution < -0.4 is 5.32 Å². The van der Waals surface area contributed by atoms with Gasteiger partial charge in [-0.15, -0.1) is 0 Å². The molecule has 2 unspecified atom stereocenters.